The van der Waals surface area contributed by atoms with Crippen LogP contribution in [0.2, 0.25) is 5.02 Å². The molecule has 0 aromatic heterocycles. The molecule has 0 saturated heterocycles. The Balaban J connectivity index is 1.73. The van der Waals surface area contributed by atoms with Gasteiger partial charge in [-0.1, -0.05) is 35.9 Å². The lowest BCUT2D eigenvalue weighted by atomic mass is 9.99. The minimum atomic E-state index is -0.0851. The van der Waals surface area contributed by atoms with Crippen molar-refractivity contribution < 1.29 is 18.9 Å². The zero-order valence-electron chi connectivity index (χ0n) is 19.6. The van der Waals surface area contributed by atoms with Crippen molar-refractivity contribution in [2.75, 3.05) is 33.4 Å². The van der Waals surface area contributed by atoms with Gasteiger partial charge >= 0.3 is 0 Å². The van der Waals surface area contributed by atoms with E-state index in [4.69, 9.17) is 35.6 Å². The van der Waals surface area contributed by atoms with E-state index < -0.39 is 0 Å². The summed E-state index contributed by atoms with van der Waals surface area (Å²) in [4.78, 5) is 0. The number of allylic oxidation sites excluding steroid dienone is 1. The molecule has 0 aliphatic carbocycles. The van der Waals surface area contributed by atoms with Gasteiger partial charge in [0.2, 0.25) is 0 Å². The number of anilines is 1. The van der Waals surface area contributed by atoms with Gasteiger partial charge < -0.3 is 18.9 Å². The Morgan fingerprint density at radius 2 is 1.44 bits per heavy atom. The summed E-state index contributed by atoms with van der Waals surface area (Å²) in [5, 5.41) is 7.61. The maximum Gasteiger partial charge on any atom is 0.167 e. The zero-order chi connectivity index (χ0) is 24.1. The summed E-state index contributed by atoms with van der Waals surface area (Å²) in [7, 11) is 6.55. The number of para-hydroxylation sites is 2. The number of benzene rings is 3. The average molecular weight is 479 g/mol. The Morgan fingerprint density at radius 1 is 0.794 bits per heavy atom. The third-order valence-electron chi connectivity index (χ3n) is 5.71. The quantitative estimate of drug-likeness (QED) is 0.375. The van der Waals surface area contributed by atoms with Crippen LogP contribution in [0.4, 0.5) is 5.69 Å². The Bertz CT molecular complexity index is 1210. The van der Waals surface area contributed by atoms with Gasteiger partial charge in [0.1, 0.15) is 0 Å². The molecule has 0 unspecified atom stereocenters. The summed E-state index contributed by atoms with van der Waals surface area (Å²) in [5.41, 5.74) is 3.74. The maximum absolute atomic E-state index is 6.13. The Morgan fingerprint density at radius 3 is 2.09 bits per heavy atom. The molecular weight excluding hydrogens is 452 g/mol. The normalized spacial score (nSPS) is 15.4. The highest BCUT2D eigenvalue weighted by atomic mass is 35.5. The van der Waals surface area contributed by atoms with Gasteiger partial charge in [0, 0.05) is 22.6 Å². The van der Waals surface area contributed by atoms with Crippen LogP contribution < -0.4 is 24.0 Å². The summed E-state index contributed by atoms with van der Waals surface area (Å²) in [6.45, 7) is 0. The van der Waals surface area contributed by atoms with Crippen molar-refractivity contribution in [1.29, 1.82) is 0 Å². The topological polar surface area (TPSA) is 52.5 Å². The molecule has 0 amide bonds. The molecular formula is C27H27ClN2O4. The van der Waals surface area contributed by atoms with Gasteiger partial charge in [0.25, 0.3) is 0 Å². The molecule has 34 heavy (non-hydrogen) atoms. The van der Waals surface area contributed by atoms with E-state index in [1.807, 2.05) is 77.8 Å². The lowest BCUT2D eigenvalue weighted by molar-refractivity contribution is 0.349. The van der Waals surface area contributed by atoms with E-state index in [-0.39, 0.29) is 6.04 Å². The van der Waals surface area contributed by atoms with Crippen molar-refractivity contribution >= 4 is 29.1 Å². The lowest BCUT2D eigenvalue weighted by Crippen LogP contribution is -2.19. The lowest BCUT2D eigenvalue weighted by Gasteiger charge is -2.26. The molecule has 1 aliphatic rings. The summed E-state index contributed by atoms with van der Waals surface area (Å²) in [6, 6.07) is 19.2. The number of ether oxygens (including phenoxy) is 4. The summed E-state index contributed by atoms with van der Waals surface area (Å²) < 4.78 is 22.2. The van der Waals surface area contributed by atoms with E-state index in [9.17, 15) is 0 Å². The number of hydrogen-bond donors (Lipinski definition) is 0. The molecule has 7 heteroatoms. The molecule has 0 saturated carbocycles. The van der Waals surface area contributed by atoms with Crippen LogP contribution in [0.15, 0.2) is 71.8 Å². The Hall–Kier alpha value is -3.64. The molecule has 0 fully saturated rings. The van der Waals surface area contributed by atoms with Gasteiger partial charge in [-0.25, -0.2) is 0 Å². The highest BCUT2D eigenvalue weighted by Gasteiger charge is 2.31. The van der Waals surface area contributed by atoms with E-state index in [1.54, 1.807) is 28.4 Å². The fraction of sp³-hybridized carbons (Fsp3) is 0.222. The monoisotopic (exact) mass is 478 g/mol. The van der Waals surface area contributed by atoms with Gasteiger partial charge in [-0.15, -0.1) is 0 Å². The van der Waals surface area contributed by atoms with Crippen molar-refractivity contribution in [3.63, 3.8) is 0 Å². The van der Waals surface area contributed by atoms with Crippen molar-refractivity contribution in [2.24, 2.45) is 5.10 Å². The first-order chi connectivity index (χ1) is 16.6. The minimum absolute atomic E-state index is 0.0851. The van der Waals surface area contributed by atoms with E-state index in [1.165, 1.54) is 0 Å². The molecule has 0 bridgehead atoms. The second-order valence-corrected chi connectivity index (χ2v) is 8.07. The largest absolute Gasteiger partial charge is 0.493 e. The van der Waals surface area contributed by atoms with Crippen LogP contribution in [-0.2, 0) is 0 Å². The van der Waals surface area contributed by atoms with E-state index >= 15 is 0 Å². The summed E-state index contributed by atoms with van der Waals surface area (Å²) >= 11 is 6.13. The summed E-state index contributed by atoms with van der Waals surface area (Å²) in [5.74, 6) is 2.74. The molecule has 1 heterocycles. The standard InChI is InChI=1S/C27H27ClN2O4/c1-31-24-9-5-7-18(26(24)33-3)11-14-20-17-23(22-8-6-10-25(32-2)27(22)34-4)30(29-20)21-15-12-19(28)13-16-21/h5-16,23H,17H2,1-4H3/b14-11+/t23-/m1/s1. The van der Waals surface area contributed by atoms with Crippen LogP contribution in [0, 0.1) is 0 Å². The first kappa shape index (κ1) is 23.5. The van der Waals surface area contributed by atoms with E-state index in [0.29, 0.717) is 34.4 Å². The van der Waals surface area contributed by atoms with E-state index in [2.05, 4.69) is 0 Å². The molecule has 6 nitrogen and oxygen atoms in total. The van der Waals surface area contributed by atoms with Crippen molar-refractivity contribution in [1.82, 2.24) is 0 Å². The van der Waals surface area contributed by atoms with Gasteiger partial charge in [-0.3, -0.25) is 5.01 Å². The van der Waals surface area contributed by atoms with Crippen LogP contribution in [0.5, 0.6) is 23.0 Å². The van der Waals surface area contributed by atoms with E-state index in [0.717, 1.165) is 22.5 Å². The highest BCUT2D eigenvalue weighted by molar-refractivity contribution is 6.30. The Kier molecular flexibility index (Phi) is 7.28. The number of halogens is 1. The third kappa shape index (κ3) is 4.68. The fourth-order valence-electron chi connectivity index (χ4n) is 4.11. The van der Waals surface area contributed by atoms with Crippen LogP contribution >= 0.6 is 11.6 Å². The predicted octanol–water partition coefficient (Wildman–Crippen LogP) is 6.40. The van der Waals surface area contributed by atoms with Gasteiger partial charge in [-0.2, -0.15) is 5.10 Å². The fourth-order valence-corrected chi connectivity index (χ4v) is 4.24. The molecule has 0 spiro atoms. The maximum atomic E-state index is 6.13. The number of rotatable bonds is 8. The van der Waals surface area contributed by atoms with Crippen LogP contribution in [-0.4, -0.2) is 34.2 Å². The minimum Gasteiger partial charge on any atom is -0.493 e. The SMILES string of the molecule is COc1cccc(/C=C/C2=NN(c3ccc(Cl)cc3)[C@@H](c3cccc(OC)c3OC)C2)c1OC. The van der Waals surface area contributed by atoms with Gasteiger partial charge in [0.05, 0.1) is 45.9 Å². The number of nitrogens with zero attached hydrogens (tertiary/aromatic N) is 2. The molecule has 3 aromatic carbocycles. The van der Waals surface area contributed by atoms with Gasteiger partial charge in [0.15, 0.2) is 23.0 Å². The third-order valence-corrected chi connectivity index (χ3v) is 5.96. The molecule has 1 atom stereocenters. The molecule has 3 aromatic rings. The van der Waals surface area contributed by atoms with Crippen LogP contribution in [0.3, 0.4) is 0 Å². The number of hydrogen-bond acceptors (Lipinski definition) is 6. The predicted molar refractivity (Wildman–Crippen MR) is 137 cm³/mol. The first-order valence-electron chi connectivity index (χ1n) is 10.8. The number of methoxy groups -OCH3 is 4. The molecule has 176 valence electrons. The first-order valence-corrected chi connectivity index (χ1v) is 11.2. The highest BCUT2D eigenvalue weighted by Crippen LogP contribution is 2.43. The second-order valence-electron chi connectivity index (χ2n) is 7.63. The smallest absolute Gasteiger partial charge is 0.167 e. The molecule has 0 N–H and O–H groups in total. The second kappa shape index (κ2) is 10.5. The van der Waals surface area contributed by atoms with Crippen molar-refractivity contribution in [3.8, 4) is 23.0 Å². The Labute approximate surface area is 205 Å². The zero-order valence-corrected chi connectivity index (χ0v) is 20.4. The molecule has 0 radical (unpaired) electrons. The molecule has 1 aliphatic heterocycles. The van der Waals surface area contributed by atoms with Crippen LogP contribution in [0.25, 0.3) is 6.08 Å². The summed E-state index contributed by atoms with van der Waals surface area (Å²) in [6.07, 6.45) is 4.67. The van der Waals surface area contributed by atoms with Crippen LogP contribution in [0.1, 0.15) is 23.6 Å². The van der Waals surface area contributed by atoms with Crippen molar-refractivity contribution in [2.45, 2.75) is 12.5 Å². The number of hydrazone groups is 1. The van der Waals surface area contributed by atoms with Crippen molar-refractivity contribution in [3.05, 3.63) is 82.9 Å². The van der Waals surface area contributed by atoms with Gasteiger partial charge in [-0.05, 0) is 48.6 Å². The average Bonchev–Trinajstić information content (AvgIpc) is 3.30. The molecule has 4 rings (SSSR count).